The van der Waals surface area contributed by atoms with Crippen LogP contribution in [-0.4, -0.2) is 205 Å². The summed E-state index contributed by atoms with van der Waals surface area (Å²) in [5.74, 6) is -2.14. The van der Waals surface area contributed by atoms with E-state index in [9.17, 15) is 57.4 Å². The van der Waals surface area contributed by atoms with Crippen LogP contribution in [0.15, 0.2) is 164 Å². The molecule has 0 spiro atoms. The minimum absolute atomic E-state index is 0. The van der Waals surface area contributed by atoms with Gasteiger partial charge in [-0.3, -0.25) is 42.4 Å². The van der Waals surface area contributed by atoms with Crippen molar-refractivity contribution >= 4 is 90.3 Å². The summed E-state index contributed by atoms with van der Waals surface area (Å²) in [6.45, 7) is 34.6. The molecule has 42 heteroatoms. The minimum Gasteiger partial charge on any atom is -0.477 e. The number of rotatable bonds is 15. The molecule has 3 aliphatic carbocycles. The number of benzene rings is 5. The van der Waals surface area contributed by atoms with E-state index in [0.717, 1.165) is 136 Å². The van der Waals surface area contributed by atoms with Gasteiger partial charge in [0.2, 0.25) is 0 Å². The number of aromatic amines is 5. The Morgan fingerprint density at radius 2 is 0.885 bits per heavy atom. The lowest BCUT2D eigenvalue weighted by Gasteiger charge is -2.39. The van der Waals surface area contributed by atoms with E-state index in [-0.39, 0.29) is 93.8 Å². The number of ether oxygens (including phenoxy) is 3. The van der Waals surface area contributed by atoms with Crippen molar-refractivity contribution < 1.29 is 61.2 Å². The number of carbonyl (C=O) groups excluding carboxylic acids is 1. The lowest BCUT2D eigenvalue weighted by molar-refractivity contribution is -0.0385. The van der Waals surface area contributed by atoms with Crippen molar-refractivity contribution in [1.29, 1.82) is 0 Å². The van der Waals surface area contributed by atoms with Gasteiger partial charge in [0, 0.05) is 156 Å². The molecule has 6 atom stereocenters. The highest BCUT2D eigenvalue weighted by molar-refractivity contribution is 9.10. The fraction of sp³-hybridized carbons (Fsp3) is 0.412. The Kier molecular flexibility index (Phi) is 25.0. The molecule has 1 amide bonds. The number of aryl methyl sites for hydroxylation is 4. The first-order chi connectivity index (χ1) is 65.7. The van der Waals surface area contributed by atoms with E-state index < -0.39 is 45.8 Å². The zero-order valence-corrected chi connectivity index (χ0v) is 81.3. The fourth-order valence-corrected chi connectivity index (χ4v) is 21.1. The lowest BCUT2D eigenvalue weighted by atomic mass is 10.1. The normalized spacial score (nSPS) is 21.4. The van der Waals surface area contributed by atoms with Crippen LogP contribution in [0.25, 0.3) is 55.7 Å². The van der Waals surface area contributed by atoms with Gasteiger partial charge in [-0.25, -0.2) is 51.7 Å². The molecule has 5 aliphatic heterocycles. The van der Waals surface area contributed by atoms with Crippen molar-refractivity contribution in [3.63, 3.8) is 0 Å². The maximum Gasteiger partial charge on any atom is 0.438 e. The lowest BCUT2D eigenvalue weighted by Crippen LogP contribution is -2.48. The average molecular weight is 1990 g/mol. The van der Waals surface area contributed by atoms with Gasteiger partial charge in [0.15, 0.2) is 17.5 Å². The number of aromatic carboxylic acids is 2. The number of nitrogens with one attached hydrogen (secondary N) is 7. The molecular formula is C97H108BrClF2N22O16. The van der Waals surface area contributed by atoms with E-state index in [1.807, 2.05) is 66.9 Å². The standard InChI is InChI=1S/C38H40FN9O5.C21H24N4O5.C17H18FN5O.C15H12BrN3O4.C6H13NO.ClH/c1-21-14-26(15-22(2)31(21)39)48-32(46-11-9-40-35(46)50)27-19-44(10-8-28(27)42-48)33(49)30-17-24-16-25(45-12-13-52-37(4,5)20-45)6-7-29(24)47(30)38(18-23(38)3)34-41-36(51)53-43-34;1-12-10-21(12,18-22-19(28)30-23-18)25-15-5-4-14(8-13(15)9-16(25)17(26)27)24-6-7-29-20(2,3)11-24;1-10-7-12(8-11(2)15(10)18)23-16(22-6-5-20-17(22)24)13-9-19-4-3-14(13)21-23;1-7-6-15(7,13-17-14(22)23-18-13)19-10-3-2-9(16)4-8(10)5-11(19)12(20)21;1-6(2)5-7-3-4-8-6;/h6-7,9,11,14-17,23H,8,10,12-13,18-20H2,1-5H3,(H,40,50)(H,41,43,51);4-5,8-9,12H,6-7,10-11H2,1-3H3,(H,26,27)(H,22,23,28);5-8,19H,3-4,9H2,1-2H3,(H,20,24);2-5,7H,6H2,1H3,(H,20,21)(H,17,18,22);7H,3-5H2,1-2H3;1H/t23-,38-;12-,21-;;7-,15-;;/m00.0../s1. The highest BCUT2D eigenvalue weighted by Gasteiger charge is 2.62. The molecule has 3 saturated heterocycles. The molecule has 139 heavy (non-hydrogen) atoms. The number of H-pyrrole nitrogens is 5. The van der Waals surface area contributed by atoms with Gasteiger partial charge < -0.3 is 73.4 Å². The number of carboxylic acid groups (broad SMARTS) is 2. The van der Waals surface area contributed by atoms with Crippen LogP contribution in [0.2, 0.25) is 0 Å². The molecule has 5 aromatic carbocycles. The number of carbonyl (C=O) groups is 3. The van der Waals surface area contributed by atoms with E-state index in [4.69, 9.17) is 33.5 Å². The number of nitrogens with zero attached hydrogens (tertiary/aromatic N) is 15. The molecule has 0 unspecified atom stereocenters. The quantitative estimate of drug-likeness (QED) is 0.0460. The van der Waals surface area contributed by atoms with Crippen LogP contribution in [0.3, 0.4) is 0 Å². The van der Waals surface area contributed by atoms with Gasteiger partial charge in [-0.15, -0.1) is 12.4 Å². The molecule has 0 bridgehead atoms. The molecular weight excluding hydrogens is 1880 g/mol. The van der Waals surface area contributed by atoms with Crippen molar-refractivity contribution in [2.24, 2.45) is 17.8 Å². The van der Waals surface area contributed by atoms with E-state index in [2.05, 4.69) is 142 Å². The highest BCUT2D eigenvalue weighted by atomic mass is 79.9. The number of imidazole rings is 2. The topological polar surface area (TPSA) is 456 Å². The highest BCUT2D eigenvalue weighted by Crippen LogP contribution is 2.59. The molecule has 38 nitrogen and oxygen atoms in total. The van der Waals surface area contributed by atoms with Crippen molar-refractivity contribution in [3.8, 4) is 23.0 Å². The van der Waals surface area contributed by atoms with E-state index in [1.165, 1.54) is 4.57 Å². The number of carboxylic acids is 2. The maximum atomic E-state index is 15.0. The second-order valence-corrected chi connectivity index (χ2v) is 39.9. The van der Waals surface area contributed by atoms with Crippen LogP contribution in [0.4, 0.5) is 20.2 Å². The minimum atomic E-state index is -1.03. The molecule has 15 heterocycles. The molecule has 6 fully saturated rings. The smallest absolute Gasteiger partial charge is 0.438 e. The second-order valence-electron chi connectivity index (χ2n) is 38.9. The van der Waals surface area contributed by atoms with Crippen molar-refractivity contribution in [2.45, 2.75) is 169 Å². The Morgan fingerprint density at radius 1 is 0.482 bits per heavy atom. The number of anilines is 2. The molecule has 0 radical (unpaired) electrons. The molecule has 15 aromatic rings. The molecule has 9 N–H and O–H groups in total. The first-order valence-electron chi connectivity index (χ1n) is 46.0. The van der Waals surface area contributed by atoms with Crippen LogP contribution in [0.1, 0.15) is 175 Å². The number of morpholine rings is 3. The van der Waals surface area contributed by atoms with Gasteiger partial charge in [0.05, 0.1) is 65.9 Å². The fourth-order valence-electron chi connectivity index (χ4n) is 20.7. The summed E-state index contributed by atoms with van der Waals surface area (Å²) < 4.78 is 73.1. The summed E-state index contributed by atoms with van der Waals surface area (Å²) in [6, 6.07) is 30.0. The Labute approximate surface area is 806 Å². The largest absolute Gasteiger partial charge is 0.477 e. The van der Waals surface area contributed by atoms with E-state index in [0.29, 0.717) is 115 Å². The molecule has 8 aliphatic rings. The summed E-state index contributed by atoms with van der Waals surface area (Å²) in [7, 11) is 0. The van der Waals surface area contributed by atoms with E-state index in [1.54, 1.807) is 117 Å². The van der Waals surface area contributed by atoms with E-state index >= 15 is 0 Å². The Hall–Kier alpha value is -13.6. The Bertz CT molecular complexity index is 7600. The number of hydrogen-bond donors (Lipinski definition) is 9. The van der Waals surface area contributed by atoms with Gasteiger partial charge >= 0.3 is 40.6 Å². The second kappa shape index (κ2) is 36.3. The van der Waals surface area contributed by atoms with Crippen LogP contribution >= 0.6 is 28.3 Å². The SMILES string of the molecule is CC1(C)CNCCO1.C[C@H]1C[C@]1(c1noc(=O)[nH]1)n1c(C(=O)O)cc2cc(Br)ccc21.C[C@H]1C[C@]1(c1noc(=O)[nH]1)n1c(C(=O)O)cc2cc(N3CCOC(C)(C)C3)ccc21.Cc1cc(-n2nc3c(c2-n2cc[nH]c2=O)CN(C(=O)c2cc4cc(N5CCOC(C)(C)C5)ccc4n2[C@@]2(c4noc(=O)[nH]4)C[C@@H]2C)CC3)cc(C)c1F.Cc1cc(-n2nc3c(c2-n2cc[nH]c2=O)CNCC3)cc(C)c1F.Cl. The number of halogens is 4. The monoisotopic (exact) mass is 1990 g/mol. The molecule has 23 rings (SSSR count). The van der Waals surface area contributed by atoms with Crippen LogP contribution in [-0.2, 0) is 56.8 Å². The Morgan fingerprint density at radius 3 is 1.26 bits per heavy atom. The first-order valence-corrected chi connectivity index (χ1v) is 46.8. The molecule has 730 valence electrons. The summed E-state index contributed by atoms with van der Waals surface area (Å²) in [6.07, 6.45) is 9.69. The number of amides is 1. The van der Waals surface area contributed by atoms with Gasteiger partial charge in [-0.05, 0) is 226 Å². The van der Waals surface area contributed by atoms with Crippen molar-refractivity contribution in [1.82, 2.24) is 98.3 Å². The third-order valence-electron chi connectivity index (χ3n) is 27.7. The number of fused-ring (bicyclic) bond motifs is 5. The summed E-state index contributed by atoms with van der Waals surface area (Å²) in [5, 5.41) is 50.1. The number of hydrogen-bond acceptors (Lipinski definition) is 23. The number of aromatic nitrogens is 17. The third kappa shape index (κ3) is 17.6. The summed E-state index contributed by atoms with van der Waals surface area (Å²) in [5.41, 5.74) is 8.81. The molecule has 3 saturated carbocycles. The summed E-state index contributed by atoms with van der Waals surface area (Å²) >= 11 is 3.40. The molecule has 10 aromatic heterocycles. The van der Waals surface area contributed by atoms with Crippen molar-refractivity contribution in [3.05, 3.63) is 270 Å². The predicted octanol–water partition coefficient (Wildman–Crippen LogP) is 11.9. The van der Waals surface area contributed by atoms with Crippen molar-refractivity contribution in [2.75, 3.05) is 82.0 Å². The summed E-state index contributed by atoms with van der Waals surface area (Å²) in [4.78, 5) is 119. The zero-order chi connectivity index (χ0) is 97.5. The average Bonchev–Trinajstić information content (AvgIpc) is 1.53. The van der Waals surface area contributed by atoms with Crippen LogP contribution < -0.4 is 49.1 Å². The van der Waals surface area contributed by atoms with Crippen LogP contribution in [0.5, 0.6) is 0 Å². The van der Waals surface area contributed by atoms with Gasteiger partial charge in [0.25, 0.3) is 5.91 Å². The maximum absolute atomic E-state index is 15.0. The van der Waals surface area contributed by atoms with Crippen LogP contribution in [0, 0.1) is 57.1 Å². The van der Waals surface area contributed by atoms with Gasteiger partial charge in [-0.1, -0.05) is 52.2 Å². The van der Waals surface area contributed by atoms with Gasteiger partial charge in [-0.2, -0.15) is 10.2 Å². The predicted molar refractivity (Wildman–Crippen MR) is 516 cm³/mol. The zero-order valence-electron chi connectivity index (χ0n) is 78.9. The Balaban J connectivity index is 0.000000127. The van der Waals surface area contributed by atoms with Gasteiger partial charge in [0.1, 0.15) is 57.0 Å². The third-order valence-corrected chi connectivity index (χ3v) is 28.2. The first kappa shape index (κ1) is 95.7.